The summed E-state index contributed by atoms with van der Waals surface area (Å²) in [6.07, 6.45) is 0.639. The number of Topliss-reactive ketones (excluding diaryl/α,β-unsaturated/α-hetero) is 1. The number of rotatable bonds is 6. The van der Waals surface area contributed by atoms with Gasteiger partial charge in [0.15, 0.2) is 0 Å². The molecule has 3 rings (SSSR count). The second-order valence-electron chi connectivity index (χ2n) is 5.33. The molecule has 4 nitrogen and oxygen atoms in total. The average molecular weight is 339 g/mol. The molecular weight excluding hydrogens is 322 g/mol. The van der Waals surface area contributed by atoms with Gasteiger partial charge in [0.2, 0.25) is 0 Å². The highest BCUT2D eigenvalue weighted by atomic mass is 32.1. The molecule has 1 heterocycles. The van der Waals surface area contributed by atoms with Crippen molar-refractivity contribution in [2.24, 2.45) is 0 Å². The van der Waals surface area contributed by atoms with Crippen molar-refractivity contribution in [3.05, 3.63) is 65.0 Å². The second-order valence-corrected chi connectivity index (χ2v) is 6.24. The van der Waals surface area contributed by atoms with E-state index in [9.17, 15) is 9.59 Å². The Labute approximate surface area is 144 Å². The van der Waals surface area contributed by atoms with Crippen LogP contribution < -0.4 is 10.1 Å². The first-order valence-electron chi connectivity index (χ1n) is 7.60. The Kier molecular flexibility index (Phi) is 4.91. The summed E-state index contributed by atoms with van der Waals surface area (Å²) in [5.74, 6) is -0.279. The number of ketones is 1. The summed E-state index contributed by atoms with van der Waals surface area (Å²) in [5, 5.41) is 5.27. The van der Waals surface area contributed by atoms with Crippen LogP contribution in [-0.2, 0) is 11.2 Å². The lowest BCUT2D eigenvalue weighted by molar-refractivity contribution is -0.116. The van der Waals surface area contributed by atoms with Crippen LogP contribution >= 0.6 is 11.3 Å². The summed E-state index contributed by atoms with van der Waals surface area (Å²) in [6.45, 7) is 0.403. The quantitative estimate of drug-likeness (QED) is 0.553. The minimum absolute atomic E-state index is 0.403. The van der Waals surface area contributed by atoms with Gasteiger partial charge in [-0.05, 0) is 30.2 Å². The summed E-state index contributed by atoms with van der Waals surface area (Å²) >= 11 is 1.47. The van der Waals surface area contributed by atoms with E-state index in [0.29, 0.717) is 18.5 Å². The number of carbonyl (C=O) groups excluding carboxylic acids is 2. The van der Waals surface area contributed by atoms with Crippen molar-refractivity contribution in [3.8, 4) is 5.75 Å². The summed E-state index contributed by atoms with van der Waals surface area (Å²) in [7, 11) is 1.62. The Morgan fingerprint density at radius 2 is 1.96 bits per heavy atom. The molecule has 1 aromatic heterocycles. The third-order valence-corrected chi connectivity index (χ3v) is 4.73. The van der Waals surface area contributed by atoms with E-state index in [4.69, 9.17) is 4.74 Å². The van der Waals surface area contributed by atoms with Gasteiger partial charge in [0.05, 0.1) is 7.11 Å². The number of hydrogen-bond donors (Lipinski definition) is 1. The molecule has 5 heteroatoms. The molecule has 1 amide bonds. The van der Waals surface area contributed by atoms with Crippen LogP contribution in [0.2, 0.25) is 0 Å². The summed E-state index contributed by atoms with van der Waals surface area (Å²) in [6, 6.07) is 15.2. The fourth-order valence-corrected chi connectivity index (χ4v) is 3.45. The maximum absolute atomic E-state index is 12.3. The molecule has 3 aromatic rings. The maximum Gasteiger partial charge on any atom is 0.292 e. The van der Waals surface area contributed by atoms with Crippen LogP contribution in [0.1, 0.15) is 15.9 Å². The van der Waals surface area contributed by atoms with Crippen LogP contribution in [0.15, 0.2) is 53.9 Å². The van der Waals surface area contributed by atoms with Gasteiger partial charge in [0, 0.05) is 27.6 Å². The SMILES string of the molecule is COc1cccc(CCNC(=O)C(=O)c2csc3ccccc23)c1. The van der Waals surface area contributed by atoms with Gasteiger partial charge in [-0.15, -0.1) is 11.3 Å². The molecule has 0 spiro atoms. The fourth-order valence-electron chi connectivity index (χ4n) is 2.50. The summed E-state index contributed by atoms with van der Waals surface area (Å²) < 4.78 is 6.17. The number of nitrogens with one attached hydrogen (secondary N) is 1. The Morgan fingerprint density at radius 3 is 2.79 bits per heavy atom. The summed E-state index contributed by atoms with van der Waals surface area (Å²) in [4.78, 5) is 24.5. The van der Waals surface area contributed by atoms with Crippen LogP contribution in [-0.4, -0.2) is 25.3 Å². The second kappa shape index (κ2) is 7.27. The normalized spacial score (nSPS) is 10.5. The fraction of sp³-hybridized carbons (Fsp3) is 0.158. The number of methoxy groups -OCH3 is 1. The Hall–Kier alpha value is -2.66. The van der Waals surface area contributed by atoms with E-state index in [1.54, 1.807) is 12.5 Å². The molecule has 0 aliphatic rings. The maximum atomic E-state index is 12.3. The number of benzene rings is 2. The number of fused-ring (bicyclic) bond motifs is 1. The van der Waals surface area contributed by atoms with Crippen LogP contribution in [0.25, 0.3) is 10.1 Å². The van der Waals surface area contributed by atoms with Crippen molar-refractivity contribution in [2.45, 2.75) is 6.42 Å². The van der Waals surface area contributed by atoms with Crippen molar-refractivity contribution in [1.29, 1.82) is 0 Å². The smallest absolute Gasteiger partial charge is 0.292 e. The zero-order chi connectivity index (χ0) is 16.9. The molecule has 2 aromatic carbocycles. The number of hydrogen-bond acceptors (Lipinski definition) is 4. The predicted molar refractivity (Wildman–Crippen MR) is 95.9 cm³/mol. The molecule has 0 fully saturated rings. The van der Waals surface area contributed by atoms with E-state index in [1.807, 2.05) is 48.5 Å². The standard InChI is InChI=1S/C19H17NO3S/c1-23-14-6-4-5-13(11-14)9-10-20-19(22)18(21)16-12-24-17-8-3-2-7-15(16)17/h2-8,11-12H,9-10H2,1H3,(H,20,22). The molecule has 0 unspecified atom stereocenters. The van der Waals surface area contributed by atoms with E-state index in [2.05, 4.69) is 5.32 Å². The molecular formula is C19H17NO3S. The molecule has 122 valence electrons. The number of amides is 1. The van der Waals surface area contributed by atoms with Crippen molar-refractivity contribution in [2.75, 3.05) is 13.7 Å². The third-order valence-electron chi connectivity index (χ3n) is 3.77. The molecule has 0 atom stereocenters. The lowest BCUT2D eigenvalue weighted by Crippen LogP contribution is -2.32. The molecule has 0 bridgehead atoms. The zero-order valence-corrected chi connectivity index (χ0v) is 14.1. The number of ether oxygens (including phenoxy) is 1. The van der Waals surface area contributed by atoms with Gasteiger partial charge in [-0.1, -0.05) is 30.3 Å². The van der Waals surface area contributed by atoms with E-state index >= 15 is 0 Å². The third kappa shape index (κ3) is 3.46. The molecule has 0 radical (unpaired) electrons. The summed E-state index contributed by atoms with van der Waals surface area (Å²) in [5.41, 5.74) is 1.51. The van der Waals surface area contributed by atoms with Crippen LogP contribution in [0.5, 0.6) is 5.75 Å². The Morgan fingerprint density at radius 1 is 1.12 bits per heavy atom. The molecule has 0 aliphatic carbocycles. The van der Waals surface area contributed by atoms with Crippen molar-refractivity contribution < 1.29 is 14.3 Å². The van der Waals surface area contributed by atoms with E-state index < -0.39 is 11.7 Å². The van der Waals surface area contributed by atoms with Gasteiger partial charge < -0.3 is 10.1 Å². The largest absolute Gasteiger partial charge is 0.497 e. The first kappa shape index (κ1) is 16.2. The van der Waals surface area contributed by atoms with E-state index in [0.717, 1.165) is 21.4 Å². The Balaban J connectivity index is 1.61. The number of carbonyl (C=O) groups is 2. The zero-order valence-electron chi connectivity index (χ0n) is 13.2. The van der Waals surface area contributed by atoms with Gasteiger partial charge >= 0.3 is 0 Å². The molecule has 0 saturated carbocycles. The van der Waals surface area contributed by atoms with Gasteiger partial charge in [-0.25, -0.2) is 0 Å². The highest BCUT2D eigenvalue weighted by molar-refractivity contribution is 7.17. The lowest BCUT2D eigenvalue weighted by atomic mass is 10.1. The molecule has 0 aliphatic heterocycles. The monoisotopic (exact) mass is 339 g/mol. The van der Waals surface area contributed by atoms with Crippen LogP contribution in [0.4, 0.5) is 0 Å². The molecule has 0 saturated heterocycles. The van der Waals surface area contributed by atoms with Gasteiger partial charge in [-0.2, -0.15) is 0 Å². The van der Waals surface area contributed by atoms with Gasteiger partial charge in [0.25, 0.3) is 11.7 Å². The topological polar surface area (TPSA) is 55.4 Å². The van der Waals surface area contributed by atoms with E-state index in [-0.39, 0.29) is 0 Å². The minimum Gasteiger partial charge on any atom is -0.497 e. The highest BCUT2D eigenvalue weighted by Gasteiger charge is 2.19. The predicted octanol–water partition coefficient (Wildman–Crippen LogP) is 3.45. The van der Waals surface area contributed by atoms with Crippen LogP contribution in [0, 0.1) is 0 Å². The Bertz CT molecular complexity index is 885. The van der Waals surface area contributed by atoms with Crippen molar-refractivity contribution in [1.82, 2.24) is 5.32 Å². The van der Waals surface area contributed by atoms with Gasteiger partial charge in [-0.3, -0.25) is 9.59 Å². The first-order valence-corrected chi connectivity index (χ1v) is 8.48. The highest BCUT2D eigenvalue weighted by Crippen LogP contribution is 2.25. The van der Waals surface area contributed by atoms with E-state index in [1.165, 1.54) is 11.3 Å². The first-order chi connectivity index (χ1) is 11.7. The molecule has 24 heavy (non-hydrogen) atoms. The van der Waals surface area contributed by atoms with Crippen molar-refractivity contribution in [3.63, 3.8) is 0 Å². The minimum atomic E-state index is -0.568. The van der Waals surface area contributed by atoms with Crippen LogP contribution in [0.3, 0.4) is 0 Å². The molecule has 1 N–H and O–H groups in total. The number of thiophene rings is 1. The van der Waals surface area contributed by atoms with Gasteiger partial charge in [0.1, 0.15) is 5.75 Å². The van der Waals surface area contributed by atoms with Crippen molar-refractivity contribution >= 4 is 33.1 Å². The lowest BCUT2D eigenvalue weighted by Gasteiger charge is -2.06. The average Bonchev–Trinajstić information content (AvgIpc) is 3.05.